The standard InChI is InChI=1S/C7H9ClN4S/c1-5-10-11-7(12(5)2)13-4-6(8)3-9/h6H,4H2,1-2H3. The highest BCUT2D eigenvalue weighted by molar-refractivity contribution is 7.99. The van der Waals surface area contributed by atoms with Crippen molar-refractivity contribution in [2.24, 2.45) is 7.05 Å². The summed E-state index contributed by atoms with van der Waals surface area (Å²) in [7, 11) is 1.88. The molecule has 0 radical (unpaired) electrons. The zero-order valence-electron chi connectivity index (χ0n) is 7.36. The highest BCUT2D eigenvalue weighted by Gasteiger charge is 2.08. The second kappa shape index (κ2) is 4.49. The van der Waals surface area contributed by atoms with Crippen molar-refractivity contribution in [2.75, 3.05) is 5.75 Å². The van der Waals surface area contributed by atoms with Crippen LogP contribution in [0.4, 0.5) is 0 Å². The minimum atomic E-state index is -0.470. The van der Waals surface area contributed by atoms with Crippen LogP contribution in [0, 0.1) is 18.3 Å². The summed E-state index contributed by atoms with van der Waals surface area (Å²) in [4.78, 5) is 0. The number of aromatic nitrogens is 3. The van der Waals surface area contributed by atoms with Gasteiger partial charge in [-0.05, 0) is 6.92 Å². The SMILES string of the molecule is Cc1nnc(SCC(Cl)C#N)n1C. The lowest BCUT2D eigenvalue weighted by Gasteiger charge is -2.00. The third-order valence-corrected chi connectivity index (χ3v) is 3.10. The van der Waals surface area contributed by atoms with E-state index in [1.165, 1.54) is 11.8 Å². The highest BCUT2D eigenvalue weighted by Crippen LogP contribution is 2.17. The van der Waals surface area contributed by atoms with Crippen LogP contribution in [0.5, 0.6) is 0 Å². The first-order chi connectivity index (χ1) is 6.15. The van der Waals surface area contributed by atoms with E-state index in [1.807, 2.05) is 24.6 Å². The Labute approximate surface area is 85.9 Å². The van der Waals surface area contributed by atoms with E-state index >= 15 is 0 Å². The van der Waals surface area contributed by atoms with Crippen LogP contribution in [0.2, 0.25) is 0 Å². The van der Waals surface area contributed by atoms with Crippen LogP contribution >= 0.6 is 23.4 Å². The molecule has 0 spiro atoms. The number of aryl methyl sites for hydroxylation is 1. The van der Waals surface area contributed by atoms with E-state index in [1.54, 1.807) is 0 Å². The third-order valence-electron chi connectivity index (χ3n) is 1.55. The lowest BCUT2D eigenvalue weighted by Crippen LogP contribution is -2.00. The fourth-order valence-electron chi connectivity index (χ4n) is 0.698. The fraction of sp³-hybridized carbons (Fsp3) is 0.571. The molecule has 0 aliphatic rings. The van der Waals surface area contributed by atoms with Crippen molar-refractivity contribution in [3.63, 3.8) is 0 Å². The molecule has 1 atom stereocenters. The molecule has 4 nitrogen and oxygen atoms in total. The van der Waals surface area contributed by atoms with Gasteiger partial charge in [0.25, 0.3) is 0 Å². The average Bonchev–Trinajstić information content (AvgIpc) is 2.44. The Hall–Kier alpha value is -0.730. The molecule has 1 aromatic rings. The van der Waals surface area contributed by atoms with Crippen LogP contribution in [0.3, 0.4) is 0 Å². The van der Waals surface area contributed by atoms with Gasteiger partial charge in [-0.1, -0.05) is 11.8 Å². The van der Waals surface area contributed by atoms with Crippen molar-refractivity contribution in [1.82, 2.24) is 14.8 Å². The Balaban J connectivity index is 2.56. The number of rotatable bonds is 3. The van der Waals surface area contributed by atoms with Gasteiger partial charge in [0.05, 0.1) is 6.07 Å². The normalized spacial score (nSPS) is 12.5. The summed E-state index contributed by atoms with van der Waals surface area (Å²) in [5, 5.41) is 16.6. The van der Waals surface area contributed by atoms with Crippen LogP contribution in [0.25, 0.3) is 0 Å². The Morgan fingerprint density at radius 3 is 2.85 bits per heavy atom. The molecule has 6 heteroatoms. The van der Waals surface area contributed by atoms with Gasteiger partial charge in [-0.3, -0.25) is 0 Å². The number of halogens is 1. The summed E-state index contributed by atoms with van der Waals surface area (Å²) in [6.07, 6.45) is 0. The van der Waals surface area contributed by atoms with Gasteiger partial charge < -0.3 is 4.57 Å². The predicted octanol–water partition coefficient (Wildman–Crippen LogP) is 1.35. The van der Waals surface area contributed by atoms with Crippen LogP contribution < -0.4 is 0 Å². The van der Waals surface area contributed by atoms with Crippen molar-refractivity contribution in [3.8, 4) is 6.07 Å². The summed E-state index contributed by atoms with van der Waals surface area (Å²) >= 11 is 7.07. The number of thioether (sulfide) groups is 1. The van der Waals surface area contributed by atoms with E-state index in [0.717, 1.165) is 11.0 Å². The maximum absolute atomic E-state index is 8.45. The summed E-state index contributed by atoms with van der Waals surface area (Å²) in [5.74, 6) is 1.38. The van der Waals surface area contributed by atoms with Gasteiger partial charge in [0.15, 0.2) is 5.16 Å². The maximum atomic E-state index is 8.45. The second-order valence-electron chi connectivity index (χ2n) is 2.50. The summed E-state index contributed by atoms with van der Waals surface area (Å²) in [5.41, 5.74) is 0. The molecule has 0 N–H and O–H groups in total. The number of nitriles is 1. The van der Waals surface area contributed by atoms with Crippen LogP contribution in [-0.2, 0) is 7.05 Å². The first kappa shape index (κ1) is 10.4. The molecule has 0 aromatic carbocycles. The van der Waals surface area contributed by atoms with E-state index in [2.05, 4.69) is 10.2 Å². The van der Waals surface area contributed by atoms with Gasteiger partial charge in [0.2, 0.25) is 0 Å². The van der Waals surface area contributed by atoms with Crippen molar-refractivity contribution < 1.29 is 0 Å². The summed E-state index contributed by atoms with van der Waals surface area (Å²) in [6.45, 7) is 1.87. The smallest absolute Gasteiger partial charge is 0.191 e. The van der Waals surface area contributed by atoms with Crippen LogP contribution in [-0.4, -0.2) is 25.9 Å². The van der Waals surface area contributed by atoms with Gasteiger partial charge >= 0.3 is 0 Å². The van der Waals surface area contributed by atoms with Gasteiger partial charge in [-0.2, -0.15) is 5.26 Å². The molecule has 70 valence electrons. The zero-order valence-corrected chi connectivity index (χ0v) is 8.93. The number of hydrogen-bond acceptors (Lipinski definition) is 4. The molecule has 13 heavy (non-hydrogen) atoms. The van der Waals surface area contributed by atoms with E-state index < -0.39 is 5.38 Å². The molecule has 0 saturated heterocycles. The Kier molecular flexibility index (Phi) is 3.58. The molecular formula is C7H9ClN4S. The molecule has 1 unspecified atom stereocenters. The summed E-state index contributed by atoms with van der Waals surface area (Å²) < 4.78 is 1.87. The molecule has 0 fully saturated rings. The molecule has 0 aliphatic heterocycles. The topological polar surface area (TPSA) is 54.5 Å². The first-order valence-electron chi connectivity index (χ1n) is 3.67. The minimum Gasteiger partial charge on any atom is -0.309 e. The monoisotopic (exact) mass is 216 g/mol. The van der Waals surface area contributed by atoms with E-state index in [9.17, 15) is 0 Å². The molecule has 0 aliphatic carbocycles. The van der Waals surface area contributed by atoms with E-state index in [4.69, 9.17) is 16.9 Å². The Morgan fingerprint density at radius 2 is 2.38 bits per heavy atom. The maximum Gasteiger partial charge on any atom is 0.191 e. The Bertz CT molecular complexity index is 330. The molecular weight excluding hydrogens is 208 g/mol. The van der Waals surface area contributed by atoms with Gasteiger partial charge in [-0.25, -0.2) is 0 Å². The molecule has 1 aromatic heterocycles. The fourth-order valence-corrected chi connectivity index (χ4v) is 1.68. The van der Waals surface area contributed by atoms with E-state index in [-0.39, 0.29) is 0 Å². The molecule has 1 rings (SSSR count). The lowest BCUT2D eigenvalue weighted by molar-refractivity contribution is 0.765. The van der Waals surface area contributed by atoms with Crippen LogP contribution in [0.1, 0.15) is 5.82 Å². The van der Waals surface area contributed by atoms with Crippen molar-refractivity contribution in [3.05, 3.63) is 5.82 Å². The first-order valence-corrected chi connectivity index (χ1v) is 5.10. The summed E-state index contributed by atoms with van der Waals surface area (Å²) in [6, 6.07) is 1.95. The van der Waals surface area contributed by atoms with Crippen molar-refractivity contribution in [2.45, 2.75) is 17.5 Å². The third kappa shape index (κ3) is 2.61. The second-order valence-corrected chi connectivity index (χ2v) is 4.01. The Morgan fingerprint density at radius 1 is 1.69 bits per heavy atom. The van der Waals surface area contributed by atoms with Gasteiger partial charge in [-0.15, -0.1) is 21.8 Å². The van der Waals surface area contributed by atoms with E-state index in [0.29, 0.717) is 5.75 Å². The van der Waals surface area contributed by atoms with Crippen LogP contribution in [0.15, 0.2) is 5.16 Å². The zero-order chi connectivity index (χ0) is 9.84. The number of alkyl halides is 1. The largest absolute Gasteiger partial charge is 0.309 e. The lowest BCUT2D eigenvalue weighted by atomic mass is 10.5. The van der Waals surface area contributed by atoms with Gasteiger partial charge in [0, 0.05) is 12.8 Å². The van der Waals surface area contributed by atoms with Gasteiger partial charge in [0.1, 0.15) is 11.2 Å². The number of nitrogens with zero attached hydrogens (tertiary/aromatic N) is 4. The average molecular weight is 217 g/mol. The molecule has 0 amide bonds. The number of hydrogen-bond donors (Lipinski definition) is 0. The minimum absolute atomic E-state index is 0.470. The van der Waals surface area contributed by atoms with Crippen molar-refractivity contribution >= 4 is 23.4 Å². The molecule has 1 heterocycles. The van der Waals surface area contributed by atoms with Crippen molar-refractivity contribution in [1.29, 1.82) is 5.26 Å². The molecule has 0 saturated carbocycles. The quantitative estimate of drug-likeness (QED) is 0.565. The molecule has 0 bridgehead atoms. The highest BCUT2D eigenvalue weighted by atomic mass is 35.5. The predicted molar refractivity (Wildman–Crippen MR) is 51.7 cm³/mol.